The molecule has 5 heteroatoms. The normalized spacial score (nSPS) is 15.3. The first-order chi connectivity index (χ1) is 13.2. The van der Waals surface area contributed by atoms with Crippen LogP contribution in [-0.2, 0) is 6.54 Å². The van der Waals surface area contributed by atoms with E-state index in [2.05, 4.69) is 22.5 Å². The molecule has 1 aliphatic rings. The molecule has 0 amide bonds. The molecule has 1 saturated heterocycles. The van der Waals surface area contributed by atoms with E-state index in [0.717, 1.165) is 23.7 Å². The van der Waals surface area contributed by atoms with Crippen molar-refractivity contribution in [2.24, 2.45) is 0 Å². The van der Waals surface area contributed by atoms with Gasteiger partial charge in [-0.3, -0.25) is 4.79 Å². The SMILES string of the molecule is COc1ccc(C(=O)c2cc3cc(C)n(CCN4CCCCC4)c3s2)cc1. The van der Waals surface area contributed by atoms with Crippen molar-refractivity contribution in [1.82, 2.24) is 9.47 Å². The first kappa shape index (κ1) is 18.3. The number of thiophene rings is 1. The standard InChI is InChI=1S/C22H26N2O2S/c1-16-14-18-15-20(21(25)17-6-8-19(26-2)9-7-17)27-22(18)24(16)13-12-23-10-4-3-5-11-23/h6-9,14-15H,3-5,10-13H2,1-2H3. The van der Waals surface area contributed by atoms with E-state index in [-0.39, 0.29) is 5.78 Å². The molecule has 0 spiro atoms. The molecule has 0 bridgehead atoms. The summed E-state index contributed by atoms with van der Waals surface area (Å²) >= 11 is 1.61. The Hall–Kier alpha value is -2.11. The van der Waals surface area contributed by atoms with Gasteiger partial charge in [-0.25, -0.2) is 0 Å². The number of rotatable bonds is 6. The summed E-state index contributed by atoms with van der Waals surface area (Å²) in [5.74, 6) is 0.849. The maximum atomic E-state index is 12.9. The molecule has 27 heavy (non-hydrogen) atoms. The molecule has 0 unspecified atom stereocenters. The number of ether oxygens (including phenoxy) is 1. The van der Waals surface area contributed by atoms with Crippen LogP contribution in [0.25, 0.3) is 10.2 Å². The van der Waals surface area contributed by atoms with Gasteiger partial charge in [0.25, 0.3) is 0 Å². The summed E-state index contributed by atoms with van der Waals surface area (Å²) in [6.45, 7) is 6.67. The summed E-state index contributed by atoms with van der Waals surface area (Å²) in [6, 6.07) is 11.6. The molecule has 0 radical (unpaired) electrons. The number of hydrogen-bond acceptors (Lipinski definition) is 4. The second-order valence-corrected chi connectivity index (χ2v) is 8.30. The van der Waals surface area contributed by atoms with Gasteiger partial charge in [0.2, 0.25) is 5.78 Å². The second-order valence-electron chi connectivity index (χ2n) is 7.27. The van der Waals surface area contributed by atoms with E-state index in [9.17, 15) is 4.79 Å². The molecule has 4 nitrogen and oxygen atoms in total. The van der Waals surface area contributed by atoms with Gasteiger partial charge in [-0.05, 0) is 69.3 Å². The molecule has 0 saturated carbocycles. The summed E-state index contributed by atoms with van der Waals surface area (Å²) in [7, 11) is 1.63. The fourth-order valence-electron chi connectivity index (χ4n) is 3.87. The van der Waals surface area contributed by atoms with Crippen LogP contribution in [0, 0.1) is 6.92 Å². The van der Waals surface area contributed by atoms with E-state index in [1.54, 1.807) is 18.4 Å². The summed E-state index contributed by atoms with van der Waals surface area (Å²) < 4.78 is 7.55. The van der Waals surface area contributed by atoms with Gasteiger partial charge in [-0.15, -0.1) is 11.3 Å². The third kappa shape index (κ3) is 3.80. The number of nitrogens with zero attached hydrogens (tertiary/aromatic N) is 2. The number of methoxy groups -OCH3 is 1. The van der Waals surface area contributed by atoms with Crippen LogP contribution >= 0.6 is 11.3 Å². The molecule has 1 aromatic carbocycles. The van der Waals surface area contributed by atoms with Crippen LogP contribution in [0.2, 0.25) is 0 Å². The van der Waals surface area contributed by atoms with Crippen LogP contribution in [0.5, 0.6) is 5.75 Å². The highest BCUT2D eigenvalue weighted by molar-refractivity contribution is 7.20. The Morgan fingerprint density at radius 2 is 1.81 bits per heavy atom. The third-order valence-corrected chi connectivity index (χ3v) is 6.61. The summed E-state index contributed by atoms with van der Waals surface area (Å²) in [5, 5.41) is 1.17. The molecule has 0 N–H and O–H groups in total. The van der Waals surface area contributed by atoms with Gasteiger partial charge >= 0.3 is 0 Å². The van der Waals surface area contributed by atoms with Crippen molar-refractivity contribution < 1.29 is 9.53 Å². The van der Waals surface area contributed by atoms with Gasteiger partial charge in [0.15, 0.2) is 0 Å². The molecule has 2 aromatic heterocycles. The zero-order valence-electron chi connectivity index (χ0n) is 16.0. The Balaban J connectivity index is 1.54. The van der Waals surface area contributed by atoms with E-state index in [0.29, 0.717) is 5.56 Å². The fourth-order valence-corrected chi connectivity index (χ4v) is 5.06. The molecule has 4 rings (SSSR count). The van der Waals surface area contributed by atoms with Crippen LogP contribution in [0.3, 0.4) is 0 Å². The van der Waals surface area contributed by atoms with E-state index in [4.69, 9.17) is 4.74 Å². The quantitative estimate of drug-likeness (QED) is 0.578. The van der Waals surface area contributed by atoms with Crippen molar-refractivity contribution in [3.05, 3.63) is 52.5 Å². The van der Waals surface area contributed by atoms with Gasteiger partial charge in [0.05, 0.1) is 12.0 Å². The van der Waals surface area contributed by atoms with Crippen molar-refractivity contribution in [1.29, 1.82) is 0 Å². The highest BCUT2D eigenvalue weighted by atomic mass is 32.1. The third-order valence-electron chi connectivity index (χ3n) is 5.44. The van der Waals surface area contributed by atoms with Gasteiger partial charge in [-0.1, -0.05) is 6.42 Å². The van der Waals surface area contributed by atoms with Crippen molar-refractivity contribution >= 4 is 27.3 Å². The monoisotopic (exact) mass is 382 g/mol. The smallest absolute Gasteiger partial charge is 0.203 e. The van der Waals surface area contributed by atoms with Crippen LogP contribution in [0.1, 0.15) is 40.2 Å². The predicted molar refractivity (Wildman–Crippen MR) is 111 cm³/mol. The van der Waals surface area contributed by atoms with Crippen LogP contribution in [-0.4, -0.2) is 42.0 Å². The first-order valence-electron chi connectivity index (χ1n) is 9.66. The minimum atomic E-state index is 0.0825. The Morgan fingerprint density at radius 1 is 1.07 bits per heavy atom. The highest BCUT2D eigenvalue weighted by Gasteiger charge is 2.17. The highest BCUT2D eigenvalue weighted by Crippen LogP contribution is 2.31. The summed E-state index contributed by atoms with van der Waals surface area (Å²) in [5.41, 5.74) is 1.98. The Labute approximate surface area is 164 Å². The van der Waals surface area contributed by atoms with Crippen LogP contribution in [0.15, 0.2) is 36.4 Å². The Kier molecular flexibility index (Phi) is 5.32. The number of aryl methyl sites for hydroxylation is 1. The summed E-state index contributed by atoms with van der Waals surface area (Å²) in [4.78, 5) is 17.4. The maximum Gasteiger partial charge on any atom is 0.203 e. The topological polar surface area (TPSA) is 34.5 Å². The average Bonchev–Trinajstić information content (AvgIpc) is 3.24. The van der Waals surface area contributed by atoms with E-state index in [1.165, 1.54) is 48.3 Å². The lowest BCUT2D eigenvalue weighted by Gasteiger charge is -2.26. The molecular formula is C22H26N2O2S. The lowest BCUT2D eigenvalue weighted by molar-refractivity contribution is 0.104. The van der Waals surface area contributed by atoms with E-state index >= 15 is 0 Å². The van der Waals surface area contributed by atoms with Crippen molar-refractivity contribution in [3.63, 3.8) is 0 Å². The van der Waals surface area contributed by atoms with Crippen molar-refractivity contribution in [2.45, 2.75) is 32.7 Å². The van der Waals surface area contributed by atoms with Crippen molar-refractivity contribution in [3.8, 4) is 5.75 Å². The number of fused-ring (bicyclic) bond motifs is 1. The molecule has 142 valence electrons. The van der Waals surface area contributed by atoms with Crippen molar-refractivity contribution in [2.75, 3.05) is 26.7 Å². The molecule has 3 heterocycles. The number of ketones is 1. The van der Waals surface area contributed by atoms with Crippen LogP contribution in [0.4, 0.5) is 0 Å². The number of benzene rings is 1. The van der Waals surface area contributed by atoms with Gasteiger partial charge in [-0.2, -0.15) is 0 Å². The van der Waals surface area contributed by atoms with E-state index in [1.807, 2.05) is 30.3 Å². The van der Waals surface area contributed by atoms with Gasteiger partial charge in [0, 0.05) is 29.7 Å². The number of likely N-dealkylation sites (tertiary alicyclic amines) is 1. The first-order valence-corrected chi connectivity index (χ1v) is 10.5. The molecule has 1 fully saturated rings. The van der Waals surface area contributed by atoms with Gasteiger partial charge in [0.1, 0.15) is 10.6 Å². The maximum absolute atomic E-state index is 12.9. The number of piperidine rings is 1. The zero-order chi connectivity index (χ0) is 18.8. The Bertz CT molecular complexity index is 933. The molecular weight excluding hydrogens is 356 g/mol. The number of carbonyl (C=O) groups is 1. The van der Waals surface area contributed by atoms with E-state index < -0.39 is 0 Å². The average molecular weight is 383 g/mol. The molecule has 3 aromatic rings. The fraction of sp³-hybridized carbons (Fsp3) is 0.409. The minimum Gasteiger partial charge on any atom is -0.497 e. The molecule has 1 aliphatic heterocycles. The zero-order valence-corrected chi connectivity index (χ0v) is 16.8. The van der Waals surface area contributed by atoms with Gasteiger partial charge < -0.3 is 14.2 Å². The second kappa shape index (κ2) is 7.87. The Morgan fingerprint density at radius 3 is 2.52 bits per heavy atom. The van der Waals surface area contributed by atoms with Crippen LogP contribution < -0.4 is 4.74 Å². The largest absolute Gasteiger partial charge is 0.497 e. The number of carbonyl (C=O) groups excluding carboxylic acids is 1. The number of hydrogen-bond donors (Lipinski definition) is 0. The summed E-state index contributed by atoms with van der Waals surface area (Å²) in [6.07, 6.45) is 4.00. The minimum absolute atomic E-state index is 0.0825. The lowest BCUT2D eigenvalue weighted by Crippen LogP contribution is -2.32. The molecule has 0 atom stereocenters. The predicted octanol–water partition coefficient (Wildman–Crippen LogP) is 4.74. The lowest BCUT2D eigenvalue weighted by atomic mass is 10.1. The number of aromatic nitrogens is 1. The molecule has 0 aliphatic carbocycles.